The molecule has 13 N–H and O–H groups in total. The number of hydrogen-bond donors (Lipinski definition) is 9. The third kappa shape index (κ3) is 52.9. The Morgan fingerprint density at radius 1 is 0.493 bits per heavy atom. The number of aliphatic carboxylic acids is 1. The highest BCUT2D eigenvalue weighted by atomic mass is 35.5. The minimum Gasteiger partial charge on any atom is -0.481 e. The number of nitrogens with two attached hydrogens (primary N) is 4. The summed E-state index contributed by atoms with van der Waals surface area (Å²) in [6, 6.07) is -3.07. The largest absolute Gasteiger partial charge is 0.481 e. The Morgan fingerprint density at radius 2 is 0.918 bits per heavy atom. The van der Waals surface area contributed by atoms with Gasteiger partial charge in [-0.25, -0.2) is 0 Å². The number of carboxylic acid groups (broad SMARTS) is 1. The number of rotatable bonds is 51. The number of hydrogen-bond acceptors (Lipinski definition) is 9. The molecule has 0 aliphatic rings. The first-order valence-corrected chi connectivity index (χ1v) is 28.0. The fourth-order valence-electron chi connectivity index (χ4n) is 8.62. The van der Waals surface area contributed by atoms with E-state index in [2.05, 4.69) is 45.0 Å². The second kappa shape index (κ2) is 58.9. The van der Waals surface area contributed by atoms with Gasteiger partial charge in [0.25, 0.3) is 0 Å². The second-order valence-electron chi connectivity index (χ2n) is 19.5. The standard InChI is InChI=1S/C53H106N10O6.4ClH/c1-3-5-7-9-11-13-15-17-19-21-23-25-27-31-41-63(42-32-28-26-24-22-20-18-16-14-12-10-8-6-4-2)43-40-58-51(68)46(35-29-30-38-54)62-52(69)47(36-37-49(65)66)61-48(64)44-60-50(67)45(55)34-33-39-59-53(56)57;;;;/h45-47H,3-44,54-55H2,1-2H3,(H,58,68)(H,60,67)(H,61,64)(H,62,69)(H,65,66)(H4,56,57,59);4*1H/t45-,46-,47-;;;;/m0..../s1. The Bertz CT molecular complexity index is 1290. The van der Waals surface area contributed by atoms with E-state index in [0.29, 0.717) is 51.9 Å². The molecule has 0 saturated heterocycles. The summed E-state index contributed by atoms with van der Waals surface area (Å²) in [4.78, 5) is 70.5. The minimum atomic E-state index is -1.26. The molecule has 20 heteroatoms. The number of nitrogens with one attached hydrogen (secondary N) is 4. The maximum absolute atomic E-state index is 13.7. The molecule has 0 spiro atoms. The number of halogens is 4. The number of nitrogens with zero attached hydrogens (tertiary/aromatic N) is 2. The highest BCUT2D eigenvalue weighted by Crippen LogP contribution is 2.15. The molecule has 0 heterocycles. The predicted octanol–water partition coefficient (Wildman–Crippen LogP) is 9.51. The van der Waals surface area contributed by atoms with Crippen LogP contribution in [0.1, 0.15) is 239 Å². The maximum Gasteiger partial charge on any atom is 0.303 e. The second-order valence-corrected chi connectivity index (χ2v) is 19.5. The third-order valence-corrected chi connectivity index (χ3v) is 13.0. The van der Waals surface area contributed by atoms with E-state index < -0.39 is 54.8 Å². The van der Waals surface area contributed by atoms with Gasteiger partial charge in [0.2, 0.25) is 23.6 Å². The summed E-state index contributed by atoms with van der Waals surface area (Å²) >= 11 is 0. The van der Waals surface area contributed by atoms with E-state index in [0.717, 1.165) is 25.9 Å². The van der Waals surface area contributed by atoms with Gasteiger partial charge in [0.15, 0.2) is 5.96 Å². The zero-order valence-corrected chi connectivity index (χ0v) is 49.0. The number of aliphatic imine (C=N–C) groups is 1. The van der Waals surface area contributed by atoms with Gasteiger partial charge in [-0.2, -0.15) is 0 Å². The predicted molar refractivity (Wildman–Crippen MR) is 314 cm³/mol. The molecule has 4 amide bonds. The van der Waals surface area contributed by atoms with Crippen LogP contribution in [0.5, 0.6) is 0 Å². The van der Waals surface area contributed by atoms with Crippen molar-refractivity contribution >= 4 is 85.2 Å². The zero-order chi connectivity index (χ0) is 51.0. The van der Waals surface area contributed by atoms with E-state index in [1.807, 2.05) is 0 Å². The molecule has 0 radical (unpaired) electrons. The lowest BCUT2D eigenvalue weighted by molar-refractivity contribution is -0.138. The van der Waals surface area contributed by atoms with E-state index in [-0.39, 0.29) is 74.3 Å². The lowest BCUT2D eigenvalue weighted by atomic mass is 10.0. The van der Waals surface area contributed by atoms with Gasteiger partial charge in [-0.1, -0.05) is 181 Å². The van der Waals surface area contributed by atoms with E-state index in [1.54, 1.807) is 0 Å². The van der Waals surface area contributed by atoms with Crippen molar-refractivity contribution in [2.75, 3.05) is 45.8 Å². The van der Waals surface area contributed by atoms with Gasteiger partial charge in [0, 0.05) is 26.1 Å². The van der Waals surface area contributed by atoms with Crippen LogP contribution in [0.4, 0.5) is 0 Å². The molecule has 0 aromatic carbocycles. The topological polar surface area (TPSA) is 273 Å². The van der Waals surface area contributed by atoms with Gasteiger partial charge in [0.05, 0.1) is 12.6 Å². The van der Waals surface area contributed by atoms with Crippen LogP contribution in [0.25, 0.3) is 0 Å². The van der Waals surface area contributed by atoms with Crippen LogP contribution in [-0.4, -0.2) is 110 Å². The van der Waals surface area contributed by atoms with Crippen LogP contribution < -0.4 is 44.2 Å². The number of unbranched alkanes of at least 4 members (excludes halogenated alkanes) is 27. The van der Waals surface area contributed by atoms with Crippen molar-refractivity contribution < 1.29 is 29.1 Å². The first-order valence-electron chi connectivity index (χ1n) is 28.0. The quantitative estimate of drug-likeness (QED) is 0.0157. The van der Waals surface area contributed by atoms with Crippen LogP contribution in [-0.2, 0) is 24.0 Å². The summed E-state index contributed by atoms with van der Waals surface area (Å²) in [5, 5.41) is 20.2. The Morgan fingerprint density at radius 3 is 1.33 bits per heavy atom. The molecule has 0 aliphatic carbocycles. The highest BCUT2D eigenvalue weighted by Gasteiger charge is 2.27. The number of guanidine groups is 1. The van der Waals surface area contributed by atoms with Crippen LogP contribution in [0.3, 0.4) is 0 Å². The van der Waals surface area contributed by atoms with Gasteiger partial charge >= 0.3 is 5.97 Å². The molecule has 0 aromatic heterocycles. The molecular weight excluding hydrogens is 1010 g/mol. The Hall–Kier alpha value is -2.34. The molecule has 0 aromatic rings. The lowest BCUT2D eigenvalue weighted by Crippen LogP contribution is -2.55. The normalized spacial score (nSPS) is 11.9. The number of carboxylic acids is 1. The van der Waals surface area contributed by atoms with Gasteiger partial charge in [-0.05, 0) is 71.0 Å². The number of amides is 4. The van der Waals surface area contributed by atoms with Crippen molar-refractivity contribution in [3.8, 4) is 0 Å². The van der Waals surface area contributed by atoms with Crippen LogP contribution in [0.15, 0.2) is 4.99 Å². The molecule has 16 nitrogen and oxygen atoms in total. The highest BCUT2D eigenvalue weighted by molar-refractivity contribution is 5.93. The Balaban J connectivity index is -0.00000385. The molecule has 0 bridgehead atoms. The van der Waals surface area contributed by atoms with E-state index in [4.69, 9.17) is 22.9 Å². The molecule has 0 fully saturated rings. The van der Waals surface area contributed by atoms with Gasteiger partial charge in [-0.3, -0.25) is 29.0 Å². The van der Waals surface area contributed by atoms with Gasteiger partial charge < -0.3 is 54.2 Å². The Kier molecular flexibility index (Phi) is 64.2. The summed E-state index contributed by atoms with van der Waals surface area (Å²) < 4.78 is 0. The molecule has 73 heavy (non-hydrogen) atoms. The monoisotopic (exact) mass is 1120 g/mol. The van der Waals surface area contributed by atoms with Crippen LogP contribution >= 0.6 is 49.6 Å². The van der Waals surface area contributed by atoms with Crippen molar-refractivity contribution in [1.29, 1.82) is 0 Å². The molecule has 436 valence electrons. The minimum absolute atomic E-state index is 0. The van der Waals surface area contributed by atoms with Crippen molar-refractivity contribution in [2.24, 2.45) is 27.9 Å². The van der Waals surface area contributed by atoms with Gasteiger partial charge in [0.1, 0.15) is 12.1 Å². The van der Waals surface area contributed by atoms with Crippen LogP contribution in [0.2, 0.25) is 0 Å². The molecule has 0 unspecified atom stereocenters. The lowest BCUT2D eigenvalue weighted by Gasteiger charge is -2.25. The summed E-state index contributed by atoms with van der Waals surface area (Å²) in [6.07, 6.45) is 38.6. The first-order chi connectivity index (χ1) is 33.4. The fraction of sp³-hybridized carbons (Fsp3) is 0.887. The van der Waals surface area contributed by atoms with Crippen molar-refractivity contribution in [3.63, 3.8) is 0 Å². The third-order valence-electron chi connectivity index (χ3n) is 13.0. The summed E-state index contributed by atoms with van der Waals surface area (Å²) in [6.45, 7) is 7.89. The molecule has 3 atom stereocenters. The SMILES string of the molecule is CCCCCCCCCCCCCCCCN(CCCCCCCCCCCCCCCC)CCNC(=O)[C@H](CCCCN)NC(=O)[C@H](CCC(=O)O)NC(=O)CNC(=O)[C@@H](N)CCCN=C(N)N.Cl.Cl.Cl.Cl. The molecule has 0 rings (SSSR count). The zero-order valence-electron chi connectivity index (χ0n) is 45.8. The Labute approximate surface area is 468 Å². The molecule has 0 aliphatic heterocycles. The average Bonchev–Trinajstić information content (AvgIpc) is 3.32. The number of carbonyl (C=O) groups excluding carboxylic acids is 4. The van der Waals surface area contributed by atoms with Gasteiger partial charge in [-0.15, -0.1) is 49.6 Å². The van der Waals surface area contributed by atoms with Crippen molar-refractivity contribution in [3.05, 3.63) is 0 Å². The molecule has 0 saturated carbocycles. The first kappa shape index (κ1) is 79.5. The smallest absolute Gasteiger partial charge is 0.303 e. The van der Waals surface area contributed by atoms with E-state index >= 15 is 0 Å². The maximum atomic E-state index is 13.7. The summed E-state index contributed by atoms with van der Waals surface area (Å²) in [7, 11) is 0. The average molecular weight is 1130 g/mol. The van der Waals surface area contributed by atoms with Crippen molar-refractivity contribution in [2.45, 2.75) is 257 Å². The fourth-order valence-corrected chi connectivity index (χ4v) is 8.62. The number of carbonyl (C=O) groups is 5. The summed E-state index contributed by atoms with van der Waals surface area (Å²) in [5.74, 6) is -3.51. The van der Waals surface area contributed by atoms with Crippen molar-refractivity contribution in [1.82, 2.24) is 26.2 Å². The summed E-state index contributed by atoms with van der Waals surface area (Å²) in [5.41, 5.74) is 22.3. The van der Waals surface area contributed by atoms with E-state index in [9.17, 15) is 29.1 Å². The molecular formula is C53H110Cl4N10O6. The van der Waals surface area contributed by atoms with Crippen LogP contribution in [0, 0.1) is 0 Å². The van der Waals surface area contributed by atoms with E-state index in [1.165, 1.54) is 167 Å².